The second-order valence-corrected chi connectivity index (χ2v) is 6.95. The first-order chi connectivity index (χ1) is 11.3. The predicted molar refractivity (Wildman–Crippen MR) is 89.6 cm³/mol. The number of nitrogens with two attached hydrogens (primary N) is 1. The minimum atomic E-state index is -4.11. The van der Waals surface area contributed by atoms with Crippen LogP contribution in [0.5, 0.6) is 0 Å². The Morgan fingerprint density at radius 2 is 1.58 bits per heavy atom. The van der Waals surface area contributed by atoms with E-state index in [4.69, 9.17) is 5.73 Å². The molecule has 3 N–H and O–H groups in total. The third kappa shape index (κ3) is 3.88. The van der Waals surface area contributed by atoms with Crippen molar-refractivity contribution >= 4 is 21.7 Å². The molecule has 0 saturated heterocycles. The highest BCUT2D eigenvalue weighted by atomic mass is 32.2. The number of amides is 2. The normalized spacial score (nSPS) is 11.8. The number of benzene rings is 2. The summed E-state index contributed by atoms with van der Waals surface area (Å²) in [4.78, 5) is 22.8. The van der Waals surface area contributed by atoms with Crippen LogP contribution in [0.3, 0.4) is 0 Å². The lowest BCUT2D eigenvalue weighted by atomic mass is 10.1. The van der Waals surface area contributed by atoms with Gasteiger partial charge in [0, 0.05) is 11.8 Å². The van der Waals surface area contributed by atoms with Crippen LogP contribution in [0.2, 0.25) is 0 Å². The molecule has 0 radical (unpaired) electrons. The van der Waals surface area contributed by atoms with Gasteiger partial charge in [0.25, 0.3) is 11.8 Å². The average Bonchev–Trinajstić information content (AvgIpc) is 2.55. The van der Waals surface area contributed by atoms with Gasteiger partial charge in [0.2, 0.25) is 9.84 Å². The van der Waals surface area contributed by atoms with E-state index in [1.807, 2.05) is 6.92 Å². The summed E-state index contributed by atoms with van der Waals surface area (Å²) in [7, 11) is -4.11. The van der Waals surface area contributed by atoms with Gasteiger partial charge in [0.1, 0.15) is 0 Å². The molecule has 2 rings (SSSR count). The Kier molecular flexibility index (Phi) is 5.15. The Morgan fingerprint density at radius 3 is 2.12 bits per heavy atom. The van der Waals surface area contributed by atoms with Gasteiger partial charge in [-0.05, 0) is 31.2 Å². The molecule has 2 aromatic rings. The van der Waals surface area contributed by atoms with Gasteiger partial charge in [0.15, 0.2) is 4.91 Å². The number of hydrogen-bond acceptors (Lipinski definition) is 4. The number of primary amides is 1. The fraction of sp³-hybridized carbons (Fsp3) is 0.0588. The number of nitrogens with one attached hydrogen (secondary N) is 1. The van der Waals surface area contributed by atoms with E-state index in [0.717, 1.165) is 11.8 Å². The zero-order valence-corrected chi connectivity index (χ0v) is 13.7. The van der Waals surface area contributed by atoms with Gasteiger partial charge in [-0.1, -0.05) is 35.9 Å². The van der Waals surface area contributed by atoms with Crippen LogP contribution in [0.4, 0.5) is 0 Å². The van der Waals surface area contributed by atoms with Crippen molar-refractivity contribution in [3.63, 3.8) is 0 Å². The van der Waals surface area contributed by atoms with Crippen molar-refractivity contribution in [1.82, 2.24) is 5.32 Å². The summed E-state index contributed by atoms with van der Waals surface area (Å²) in [5, 5.41) is 2.29. The van der Waals surface area contributed by atoms with Crippen LogP contribution in [0.25, 0.3) is 0 Å². The lowest BCUT2D eigenvalue weighted by molar-refractivity contribution is -0.113. The van der Waals surface area contributed by atoms with Gasteiger partial charge in [-0.2, -0.15) is 0 Å². The van der Waals surface area contributed by atoms with Gasteiger partial charge < -0.3 is 11.1 Å². The fourth-order valence-corrected chi connectivity index (χ4v) is 3.18. The van der Waals surface area contributed by atoms with Crippen LogP contribution in [0.1, 0.15) is 15.9 Å². The standard InChI is InChI=1S/C17H16N2O4S/c1-12-7-9-13(10-8-12)17(21)19-11-15(16(18)20)24(22,23)14-5-3-2-4-6-14/h2-11H,1H3,(H2,18,20)(H,19,21)/b15-11-. The summed E-state index contributed by atoms with van der Waals surface area (Å²) >= 11 is 0. The Morgan fingerprint density at radius 1 is 1.00 bits per heavy atom. The van der Waals surface area contributed by atoms with Crippen LogP contribution in [0, 0.1) is 6.92 Å². The van der Waals surface area contributed by atoms with Gasteiger partial charge in [0.05, 0.1) is 4.90 Å². The van der Waals surface area contributed by atoms with E-state index in [9.17, 15) is 18.0 Å². The van der Waals surface area contributed by atoms with Crippen molar-refractivity contribution in [3.8, 4) is 0 Å². The zero-order valence-electron chi connectivity index (χ0n) is 12.9. The maximum Gasteiger partial charge on any atom is 0.262 e. The maximum absolute atomic E-state index is 12.4. The highest BCUT2D eigenvalue weighted by Crippen LogP contribution is 2.18. The lowest BCUT2D eigenvalue weighted by Gasteiger charge is -2.07. The van der Waals surface area contributed by atoms with Crippen molar-refractivity contribution in [2.75, 3.05) is 0 Å². The fourth-order valence-electron chi connectivity index (χ4n) is 1.93. The van der Waals surface area contributed by atoms with Crippen molar-refractivity contribution in [2.45, 2.75) is 11.8 Å². The second-order valence-electron chi connectivity index (χ2n) is 5.03. The van der Waals surface area contributed by atoms with Crippen molar-refractivity contribution in [2.24, 2.45) is 5.73 Å². The smallest absolute Gasteiger partial charge is 0.262 e. The molecule has 6 nitrogen and oxygen atoms in total. The van der Waals surface area contributed by atoms with Gasteiger partial charge in [-0.15, -0.1) is 0 Å². The largest absolute Gasteiger partial charge is 0.365 e. The van der Waals surface area contributed by atoms with E-state index in [1.54, 1.807) is 30.3 Å². The highest BCUT2D eigenvalue weighted by Gasteiger charge is 2.25. The SMILES string of the molecule is Cc1ccc(C(=O)N/C=C(/C(N)=O)S(=O)(=O)c2ccccc2)cc1. The Balaban J connectivity index is 2.31. The maximum atomic E-state index is 12.4. The van der Waals surface area contributed by atoms with Gasteiger partial charge in [-0.25, -0.2) is 8.42 Å². The van der Waals surface area contributed by atoms with Crippen LogP contribution in [0.15, 0.2) is 70.6 Å². The van der Waals surface area contributed by atoms with E-state index in [-0.39, 0.29) is 4.90 Å². The quantitative estimate of drug-likeness (QED) is 0.802. The summed E-state index contributed by atoms with van der Waals surface area (Å²) in [6, 6.07) is 14.0. The van der Waals surface area contributed by atoms with E-state index in [2.05, 4.69) is 5.32 Å². The molecule has 24 heavy (non-hydrogen) atoms. The average molecular weight is 344 g/mol. The van der Waals surface area contributed by atoms with Crippen LogP contribution < -0.4 is 11.1 Å². The molecule has 0 spiro atoms. The van der Waals surface area contributed by atoms with Crippen LogP contribution in [-0.4, -0.2) is 20.2 Å². The molecule has 7 heteroatoms. The number of carbonyl (C=O) groups excluding carboxylic acids is 2. The number of rotatable bonds is 5. The van der Waals surface area contributed by atoms with Crippen LogP contribution in [-0.2, 0) is 14.6 Å². The summed E-state index contributed by atoms with van der Waals surface area (Å²) in [5.41, 5.74) is 6.48. The van der Waals surface area contributed by atoms with E-state index in [0.29, 0.717) is 5.56 Å². The van der Waals surface area contributed by atoms with Crippen molar-refractivity contribution in [1.29, 1.82) is 0 Å². The minimum Gasteiger partial charge on any atom is -0.365 e. The minimum absolute atomic E-state index is 0.0837. The molecular weight excluding hydrogens is 328 g/mol. The Bertz CT molecular complexity index is 886. The van der Waals surface area contributed by atoms with Crippen molar-refractivity contribution in [3.05, 3.63) is 76.8 Å². The molecule has 0 aliphatic rings. The molecule has 0 aromatic heterocycles. The van der Waals surface area contributed by atoms with Crippen molar-refractivity contribution < 1.29 is 18.0 Å². The van der Waals surface area contributed by atoms with E-state index >= 15 is 0 Å². The van der Waals surface area contributed by atoms with E-state index < -0.39 is 26.6 Å². The Labute approximate surface area is 139 Å². The molecule has 0 aliphatic carbocycles. The Hall–Kier alpha value is -2.93. The molecule has 124 valence electrons. The number of sulfone groups is 1. The summed E-state index contributed by atoms with van der Waals surface area (Å²) < 4.78 is 24.9. The monoisotopic (exact) mass is 344 g/mol. The molecule has 2 aromatic carbocycles. The molecule has 0 aliphatic heterocycles. The third-order valence-corrected chi connectivity index (χ3v) is 5.02. The molecule has 0 fully saturated rings. The molecule has 0 saturated carbocycles. The molecule has 0 atom stereocenters. The predicted octanol–water partition coefficient (Wildman–Crippen LogP) is 1.53. The number of aryl methyl sites for hydroxylation is 1. The molecule has 0 heterocycles. The van der Waals surface area contributed by atoms with E-state index in [1.165, 1.54) is 24.3 Å². The summed E-state index contributed by atoms with van der Waals surface area (Å²) in [5.74, 6) is -1.69. The number of carbonyl (C=O) groups is 2. The first-order valence-corrected chi connectivity index (χ1v) is 8.48. The van der Waals surface area contributed by atoms with Gasteiger partial charge in [-0.3, -0.25) is 9.59 Å². The molecule has 0 unspecified atom stereocenters. The summed E-state index contributed by atoms with van der Waals surface area (Å²) in [6.45, 7) is 1.87. The number of hydrogen-bond donors (Lipinski definition) is 2. The third-order valence-electron chi connectivity index (χ3n) is 3.23. The lowest BCUT2D eigenvalue weighted by Crippen LogP contribution is -2.26. The summed E-state index contributed by atoms with van der Waals surface area (Å²) in [6.07, 6.45) is 0.826. The second kappa shape index (κ2) is 7.10. The first kappa shape index (κ1) is 17.4. The molecule has 2 amide bonds. The highest BCUT2D eigenvalue weighted by molar-refractivity contribution is 7.96. The van der Waals surface area contributed by atoms with Crippen LogP contribution >= 0.6 is 0 Å². The molecule has 0 bridgehead atoms. The molecular formula is C17H16N2O4S. The topological polar surface area (TPSA) is 106 Å². The first-order valence-electron chi connectivity index (χ1n) is 7.00. The van der Waals surface area contributed by atoms with Gasteiger partial charge >= 0.3 is 0 Å². The zero-order chi connectivity index (χ0) is 17.7.